The molecule has 1 aromatic heterocycles. The normalized spacial score (nSPS) is 11.0. The molecule has 5 heteroatoms. The molecule has 0 amide bonds. The van der Waals surface area contributed by atoms with Crippen LogP contribution < -0.4 is 0 Å². The average molecular weight is 389 g/mol. The van der Waals surface area contributed by atoms with Gasteiger partial charge in [-0.1, -0.05) is 53.7 Å². The van der Waals surface area contributed by atoms with E-state index in [0.29, 0.717) is 5.82 Å². The number of aryl methyl sites for hydroxylation is 2. The number of halogens is 1. The van der Waals surface area contributed by atoms with Gasteiger partial charge in [0, 0.05) is 17.0 Å². The Kier molecular flexibility index (Phi) is 5.26. The monoisotopic (exact) mass is 389 g/mol. The third-order valence-corrected chi connectivity index (χ3v) is 5.62. The molecule has 140 valence electrons. The molecule has 0 aliphatic heterocycles. The summed E-state index contributed by atoms with van der Waals surface area (Å²) >= 11 is 1.65. The summed E-state index contributed by atoms with van der Waals surface area (Å²) in [6.07, 6.45) is 0. The van der Waals surface area contributed by atoms with Crippen molar-refractivity contribution in [3.63, 3.8) is 0 Å². The Labute approximate surface area is 168 Å². The summed E-state index contributed by atoms with van der Waals surface area (Å²) in [7, 11) is 0. The molecular weight excluding hydrogens is 369 g/mol. The van der Waals surface area contributed by atoms with E-state index >= 15 is 0 Å². The first-order valence-electron chi connectivity index (χ1n) is 9.07. The highest BCUT2D eigenvalue weighted by Gasteiger charge is 2.16. The largest absolute Gasteiger partial charge is 0.270 e. The molecule has 0 N–H and O–H groups in total. The number of hydrogen-bond donors (Lipinski definition) is 0. The second-order valence-electron chi connectivity index (χ2n) is 6.70. The minimum absolute atomic E-state index is 0.265. The zero-order valence-corrected chi connectivity index (χ0v) is 16.6. The van der Waals surface area contributed by atoms with Crippen LogP contribution in [0.2, 0.25) is 0 Å². The average Bonchev–Trinajstić information content (AvgIpc) is 3.12. The number of rotatable bonds is 5. The maximum absolute atomic E-state index is 13.4. The van der Waals surface area contributed by atoms with Crippen LogP contribution in [-0.4, -0.2) is 14.8 Å². The summed E-state index contributed by atoms with van der Waals surface area (Å²) in [6, 6.07) is 23.0. The Bertz CT molecular complexity index is 1090. The van der Waals surface area contributed by atoms with Gasteiger partial charge in [-0.25, -0.2) is 4.39 Å². The van der Waals surface area contributed by atoms with Gasteiger partial charge < -0.3 is 0 Å². The Morgan fingerprint density at radius 1 is 0.857 bits per heavy atom. The predicted molar refractivity (Wildman–Crippen MR) is 112 cm³/mol. The fourth-order valence-electron chi connectivity index (χ4n) is 2.99. The molecule has 4 aromatic rings. The lowest BCUT2D eigenvalue weighted by atomic mass is 10.1. The van der Waals surface area contributed by atoms with E-state index in [1.54, 1.807) is 23.9 Å². The van der Waals surface area contributed by atoms with Gasteiger partial charge >= 0.3 is 0 Å². The number of benzene rings is 3. The molecule has 1 heterocycles. The van der Waals surface area contributed by atoms with Gasteiger partial charge in [0.25, 0.3) is 0 Å². The molecule has 0 fully saturated rings. The molecule has 0 saturated heterocycles. The number of nitrogens with zero attached hydrogens (tertiary/aromatic N) is 3. The predicted octanol–water partition coefficient (Wildman–Crippen LogP) is 5.98. The molecule has 0 atom stereocenters. The Hall–Kier alpha value is -2.92. The van der Waals surface area contributed by atoms with Crippen LogP contribution in [0.3, 0.4) is 0 Å². The van der Waals surface area contributed by atoms with E-state index in [1.165, 1.54) is 28.8 Å². The van der Waals surface area contributed by atoms with Gasteiger partial charge in [0.1, 0.15) is 5.82 Å². The second kappa shape index (κ2) is 7.98. The number of hydrogen-bond acceptors (Lipinski definition) is 3. The summed E-state index contributed by atoms with van der Waals surface area (Å²) in [5, 5.41) is 9.67. The van der Waals surface area contributed by atoms with E-state index in [1.807, 2.05) is 10.6 Å². The second-order valence-corrected chi connectivity index (χ2v) is 7.64. The van der Waals surface area contributed by atoms with E-state index in [9.17, 15) is 4.39 Å². The standard InChI is InChI=1S/C23H20FN3S/c1-16-7-13-21(14-8-16)27-22(18-9-11-20(24)12-10-18)25-26-23(27)28-15-19-6-4-3-5-17(19)2/h3-14H,15H2,1-2H3. The molecule has 4 rings (SSSR count). The van der Waals surface area contributed by atoms with Crippen molar-refractivity contribution in [2.75, 3.05) is 0 Å². The maximum Gasteiger partial charge on any atom is 0.196 e. The molecular formula is C23H20FN3S. The van der Waals surface area contributed by atoms with Gasteiger partial charge in [0.15, 0.2) is 11.0 Å². The molecule has 0 radical (unpaired) electrons. The van der Waals surface area contributed by atoms with Crippen molar-refractivity contribution in [2.24, 2.45) is 0 Å². The lowest BCUT2D eigenvalue weighted by Crippen LogP contribution is -2.00. The van der Waals surface area contributed by atoms with Gasteiger partial charge in [-0.2, -0.15) is 0 Å². The summed E-state index contributed by atoms with van der Waals surface area (Å²) in [4.78, 5) is 0. The van der Waals surface area contributed by atoms with Crippen LogP contribution in [0.25, 0.3) is 17.1 Å². The smallest absolute Gasteiger partial charge is 0.196 e. The molecule has 0 aliphatic rings. The van der Waals surface area contributed by atoms with Crippen LogP contribution in [-0.2, 0) is 5.75 Å². The van der Waals surface area contributed by atoms with Crippen molar-refractivity contribution in [3.05, 3.63) is 95.3 Å². The topological polar surface area (TPSA) is 30.7 Å². The van der Waals surface area contributed by atoms with Gasteiger partial charge in [0.05, 0.1) is 0 Å². The Morgan fingerprint density at radius 2 is 1.57 bits per heavy atom. The minimum Gasteiger partial charge on any atom is -0.270 e. The molecule has 3 aromatic carbocycles. The minimum atomic E-state index is -0.265. The molecule has 0 spiro atoms. The van der Waals surface area contributed by atoms with E-state index in [2.05, 4.69) is 66.5 Å². The highest BCUT2D eigenvalue weighted by atomic mass is 32.2. The number of aromatic nitrogens is 3. The first-order valence-corrected chi connectivity index (χ1v) is 10.1. The first kappa shape index (κ1) is 18.4. The van der Waals surface area contributed by atoms with Crippen molar-refractivity contribution in [1.29, 1.82) is 0 Å². The van der Waals surface area contributed by atoms with Crippen molar-refractivity contribution >= 4 is 11.8 Å². The van der Waals surface area contributed by atoms with Crippen molar-refractivity contribution in [1.82, 2.24) is 14.8 Å². The molecule has 0 bridgehead atoms. The SMILES string of the molecule is Cc1ccc(-n2c(SCc3ccccc3C)nnc2-c2ccc(F)cc2)cc1. The Balaban J connectivity index is 1.74. The lowest BCUT2D eigenvalue weighted by molar-refractivity contribution is 0.628. The summed E-state index contributed by atoms with van der Waals surface area (Å²) in [5.74, 6) is 1.25. The Morgan fingerprint density at radius 3 is 2.29 bits per heavy atom. The highest BCUT2D eigenvalue weighted by molar-refractivity contribution is 7.98. The molecule has 28 heavy (non-hydrogen) atoms. The zero-order valence-electron chi connectivity index (χ0n) is 15.8. The zero-order chi connectivity index (χ0) is 19.5. The van der Waals surface area contributed by atoms with E-state index in [-0.39, 0.29) is 5.82 Å². The van der Waals surface area contributed by atoms with Crippen molar-refractivity contribution in [3.8, 4) is 17.1 Å². The van der Waals surface area contributed by atoms with E-state index in [4.69, 9.17) is 0 Å². The lowest BCUT2D eigenvalue weighted by Gasteiger charge is -2.11. The van der Waals surface area contributed by atoms with Crippen molar-refractivity contribution < 1.29 is 4.39 Å². The van der Waals surface area contributed by atoms with Crippen LogP contribution in [0.15, 0.2) is 78.0 Å². The maximum atomic E-state index is 13.4. The summed E-state index contributed by atoms with van der Waals surface area (Å²) in [6.45, 7) is 4.18. The van der Waals surface area contributed by atoms with Gasteiger partial charge in [0.2, 0.25) is 0 Å². The van der Waals surface area contributed by atoms with Gasteiger partial charge in [-0.15, -0.1) is 10.2 Å². The van der Waals surface area contributed by atoms with Gasteiger partial charge in [-0.05, 0) is 61.4 Å². The van der Waals surface area contributed by atoms with Crippen molar-refractivity contribution in [2.45, 2.75) is 24.8 Å². The third-order valence-electron chi connectivity index (χ3n) is 4.65. The van der Waals surface area contributed by atoms with Crippen LogP contribution in [0.5, 0.6) is 0 Å². The quantitative estimate of drug-likeness (QED) is 0.393. The third kappa shape index (κ3) is 3.85. The van der Waals surface area contributed by atoms with Crippen LogP contribution >= 0.6 is 11.8 Å². The fourth-order valence-corrected chi connectivity index (χ4v) is 4.02. The highest BCUT2D eigenvalue weighted by Crippen LogP contribution is 2.30. The first-order chi connectivity index (χ1) is 13.6. The van der Waals surface area contributed by atoms with Crippen LogP contribution in [0.4, 0.5) is 4.39 Å². The number of thioether (sulfide) groups is 1. The molecule has 3 nitrogen and oxygen atoms in total. The van der Waals surface area contributed by atoms with E-state index in [0.717, 1.165) is 22.2 Å². The summed E-state index contributed by atoms with van der Waals surface area (Å²) in [5.41, 5.74) is 5.54. The molecule has 0 saturated carbocycles. The molecule has 0 aliphatic carbocycles. The van der Waals surface area contributed by atoms with Crippen LogP contribution in [0.1, 0.15) is 16.7 Å². The van der Waals surface area contributed by atoms with Crippen LogP contribution in [0, 0.1) is 19.7 Å². The molecule has 0 unspecified atom stereocenters. The van der Waals surface area contributed by atoms with Gasteiger partial charge in [-0.3, -0.25) is 4.57 Å². The summed E-state index contributed by atoms with van der Waals surface area (Å²) < 4.78 is 15.4. The van der Waals surface area contributed by atoms with E-state index < -0.39 is 0 Å². The fraction of sp³-hybridized carbons (Fsp3) is 0.130.